The number of nitrogens with zero attached hydrogens (tertiary/aromatic N) is 2. The van der Waals surface area contributed by atoms with Crippen LogP contribution in [0.25, 0.3) is 0 Å². The highest BCUT2D eigenvalue weighted by Crippen LogP contribution is 2.41. The summed E-state index contributed by atoms with van der Waals surface area (Å²) in [5.41, 5.74) is 1.02. The fraction of sp³-hybridized carbons (Fsp3) is 0.400. The van der Waals surface area contributed by atoms with E-state index in [1.807, 2.05) is 35.2 Å². The van der Waals surface area contributed by atoms with Crippen molar-refractivity contribution in [3.05, 3.63) is 36.3 Å². The van der Waals surface area contributed by atoms with Gasteiger partial charge in [0.25, 0.3) is 0 Å². The van der Waals surface area contributed by atoms with Crippen molar-refractivity contribution in [1.82, 2.24) is 9.13 Å². The first-order chi connectivity index (χ1) is 6.83. The second kappa shape index (κ2) is 3.30. The quantitative estimate of drug-likeness (QED) is 0.488. The molecule has 0 aromatic rings. The van der Waals surface area contributed by atoms with Crippen LogP contribution in [-0.2, 0) is 0 Å². The van der Waals surface area contributed by atoms with Gasteiger partial charge in [-0.2, -0.15) is 0 Å². The third kappa shape index (κ3) is 1.73. The van der Waals surface area contributed by atoms with Crippen molar-refractivity contribution < 1.29 is 0 Å². The standard InChI is InChI=1S/C10H14Cl2N2Si/c1-10(2,3)14-8-9-6-4-5-7-13(9)15(14,11)12/h4-8H,1-3H3. The molecular formula is C10H14Cl2N2Si. The van der Waals surface area contributed by atoms with Gasteiger partial charge in [0.1, 0.15) is 0 Å². The van der Waals surface area contributed by atoms with E-state index in [0.717, 1.165) is 5.70 Å². The largest absolute Gasteiger partial charge is 0.474 e. The van der Waals surface area contributed by atoms with Crippen LogP contribution in [0.1, 0.15) is 20.8 Å². The summed E-state index contributed by atoms with van der Waals surface area (Å²) in [7, 11) is -2.59. The summed E-state index contributed by atoms with van der Waals surface area (Å²) in [6, 6.07) is 0. The predicted molar refractivity (Wildman–Crippen MR) is 67.3 cm³/mol. The number of fused-ring (bicyclic) bond motifs is 1. The number of allylic oxidation sites excluding steroid dienone is 3. The Labute approximate surface area is 101 Å². The molecule has 2 aliphatic rings. The summed E-state index contributed by atoms with van der Waals surface area (Å²) in [4.78, 5) is 0. The smallest absolute Gasteiger partial charge is 0.356 e. The van der Waals surface area contributed by atoms with Gasteiger partial charge in [0, 0.05) is 11.7 Å². The maximum absolute atomic E-state index is 6.51. The third-order valence-electron chi connectivity index (χ3n) is 2.46. The third-order valence-corrected chi connectivity index (χ3v) is 7.01. The number of hydrogen-bond donors (Lipinski definition) is 0. The molecule has 0 spiro atoms. The van der Waals surface area contributed by atoms with Gasteiger partial charge in [0.15, 0.2) is 0 Å². The van der Waals surface area contributed by atoms with E-state index in [0.29, 0.717) is 0 Å². The fourth-order valence-electron chi connectivity index (χ4n) is 1.73. The van der Waals surface area contributed by atoms with Crippen molar-refractivity contribution in [2.75, 3.05) is 0 Å². The van der Waals surface area contributed by atoms with Gasteiger partial charge in [-0.05, 0) is 39.1 Å². The Kier molecular flexibility index (Phi) is 2.45. The van der Waals surface area contributed by atoms with Gasteiger partial charge in [0.2, 0.25) is 0 Å². The number of rotatable bonds is 0. The predicted octanol–water partition coefficient (Wildman–Crippen LogP) is 3.24. The van der Waals surface area contributed by atoms with E-state index in [2.05, 4.69) is 25.3 Å². The second-order valence-electron chi connectivity index (χ2n) is 4.67. The van der Waals surface area contributed by atoms with Gasteiger partial charge < -0.3 is 9.13 Å². The lowest BCUT2D eigenvalue weighted by Crippen LogP contribution is -2.55. The molecule has 0 N–H and O–H groups in total. The molecule has 0 unspecified atom stereocenters. The zero-order valence-corrected chi connectivity index (χ0v) is 11.5. The SMILES string of the molecule is CC(C)(C)N1C=C2C=CC=CN2[Si]1(Cl)Cl. The Hall–Kier alpha value is -0.383. The average Bonchev–Trinajstić information content (AvgIpc) is 2.39. The maximum Gasteiger partial charge on any atom is 0.474 e. The summed E-state index contributed by atoms with van der Waals surface area (Å²) < 4.78 is 4.07. The van der Waals surface area contributed by atoms with Crippen molar-refractivity contribution in [1.29, 1.82) is 0 Å². The normalized spacial score (nSPS) is 23.1. The van der Waals surface area contributed by atoms with E-state index in [-0.39, 0.29) is 5.54 Å². The summed E-state index contributed by atoms with van der Waals surface area (Å²) >= 11 is 13.0. The van der Waals surface area contributed by atoms with Crippen molar-refractivity contribution in [2.45, 2.75) is 26.3 Å². The lowest BCUT2D eigenvalue weighted by atomic mass is 10.1. The van der Waals surface area contributed by atoms with Gasteiger partial charge in [0.05, 0.1) is 5.70 Å². The summed E-state index contributed by atoms with van der Waals surface area (Å²) in [6.45, 7) is 6.34. The van der Waals surface area contributed by atoms with Crippen LogP contribution >= 0.6 is 22.2 Å². The minimum absolute atomic E-state index is 0.0538. The molecule has 0 saturated carbocycles. The second-order valence-corrected chi connectivity index (χ2v) is 10.4. The minimum Gasteiger partial charge on any atom is -0.356 e. The molecule has 0 aromatic heterocycles. The maximum atomic E-state index is 6.51. The number of halogens is 2. The molecule has 82 valence electrons. The van der Waals surface area contributed by atoms with Crippen LogP contribution in [0, 0.1) is 0 Å². The van der Waals surface area contributed by atoms with Crippen LogP contribution in [0.5, 0.6) is 0 Å². The molecule has 15 heavy (non-hydrogen) atoms. The Morgan fingerprint density at radius 1 is 1.20 bits per heavy atom. The molecule has 5 heteroatoms. The van der Waals surface area contributed by atoms with Gasteiger partial charge in [-0.15, -0.1) is 0 Å². The van der Waals surface area contributed by atoms with E-state index >= 15 is 0 Å². The molecule has 0 aliphatic carbocycles. The highest BCUT2D eigenvalue weighted by Gasteiger charge is 2.52. The molecule has 2 rings (SSSR count). The monoisotopic (exact) mass is 260 g/mol. The van der Waals surface area contributed by atoms with Crippen LogP contribution < -0.4 is 0 Å². The molecule has 0 saturated heterocycles. The minimum atomic E-state index is -2.59. The average molecular weight is 261 g/mol. The zero-order chi connectivity index (χ0) is 11.3. The molecule has 2 heterocycles. The van der Waals surface area contributed by atoms with Gasteiger partial charge in [-0.25, -0.2) is 0 Å². The summed E-state index contributed by atoms with van der Waals surface area (Å²) in [5, 5.41) is 0. The van der Waals surface area contributed by atoms with Gasteiger partial charge >= 0.3 is 7.02 Å². The van der Waals surface area contributed by atoms with E-state index in [4.69, 9.17) is 22.2 Å². The lowest BCUT2D eigenvalue weighted by molar-refractivity contribution is 0.323. The Bertz CT molecular complexity index is 366. The highest BCUT2D eigenvalue weighted by molar-refractivity contribution is 7.43. The van der Waals surface area contributed by atoms with Crippen molar-refractivity contribution in [3.8, 4) is 0 Å². The zero-order valence-electron chi connectivity index (χ0n) is 9.04. The van der Waals surface area contributed by atoms with E-state index < -0.39 is 7.02 Å². The molecule has 0 aromatic carbocycles. The van der Waals surface area contributed by atoms with Crippen LogP contribution in [-0.4, -0.2) is 21.7 Å². The molecule has 0 amide bonds. The van der Waals surface area contributed by atoms with Crippen molar-refractivity contribution in [2.24, 2.45) is 0 Å². The first kappa shape index (κ1) is 11.1. The Morgan fingerprint density at radius 2 is 1.87 bits per heavy atom. The van der Waals surface area contributed by atoms with Crippen molar-refractivity contribution in [3.63, 3.8) is 0 Å². The van der Waals surface area contributed by atoms with Crippen LogP contribution in [0.15, 0.2) is 36.3 Å². The first-order valence-electron chi connectivity index (χ1n) is 4.87. The molecular weight excluding hydrogens is 247 g/mol. The molecule has 2 aliphatic heterocycles. The van der Waals surface area contributed by atoms with Gasteiger partial charge in [-0.3, -0.25) is 0 Å². The molecule has 0 bridgehead atoms. The Balaban J connectivity index is 2.41. The fourth-order valence-corrected chi connectivity index (χ4v) is 6.50. The molecule has 0 atom stereocenters. The Morgan fingerprint density at radius 3 is 2.40 bits per heavy atom. The molecule has 2 nitrogen and oxygen atoms in total. The highest BCUT2D eigenvalue weighted by atomic mass is 35.7. The van der Waals surface area contributed by atoms with Crippen molar-refractivity contribution >= 4 is 29.2 Å². The van der Waals surface area contributed by atoms with Crippen LogP contribution in [0.2, 0.25) is 0 Å². The van der Waals surface area contributed by atoms with Crippen LogP contribution in [0.3, 0.4) is 0 Å². The van der Waals surface area contributed by atoms with E-state index in [9.17, 15) is 0 Å². The summed E-state index contributed by atoms with van der Waals surface area (Å²) in [6.07, 6.45) is 9.97. The number of hydrogen-bond acceptors (Lipinski definition) is 2. The first-order valence-corrected chi connectivity index (χ1v) is 8.78. The van der Waals surface area contributed by atoms with Crippen LogP contribution in [0.4, 0.5) is 0 Å². The van der Waals surface area contributed by atoms with E-state index in [1.165, 1.54) is 0 Å². The molecule has 0 fully saturated rings. The van der Waals surface area contributed by atoms with Gasteiger partial charge in [-0.1, -0.05) is 28.2 Å². The summed E-state index contributed by atoms with van der Waals surface area (Å²) in [5.74, 6) is 0. The lowest BCUT2D eigenvalue weighted by Gasteiger charge is -2.40. The van der Waals surface area contributed by atoms with E-state index in [1.54, 1.807) is 0 Å². The topological polar surface area (TPSA) is 6.48 Å². The molecule has 0 radical (unpaired) electrons.